The first-order chi connectivity index (χ1) is 10.1. The quantitative estimate of drug-likeness (QED) is 0.804. The maximum absolute atomic E-state index is 12.5. The van der Waals surface area contributed by atoms with E-state index in [0.717, 1.165) is 31.4 Å². The summed E-state index contributed by atoms with van der Waals surface area (Å²) in [6.45, 7) is 4.46. The van der Waals surface area contributed by atoms with Gasteiger partial charge < -0.3 is 10.1 Å². The summed E-state index contributed by atoms with van der Waals surface area (Å²) in [4.78, 5) is 12.5. The molecule has 1 aliphatic rings. The Labute approximate surface area is 132 Å². The number of halogens is 1. The molecule has 1 aromatic carbocycles. The van der Waals surface area contributed by atoms with Crippen LogP contribution in [0.3, 0.4) is 0 Å². The van der Waals surface area contributed by atoms with Crippen molar-refractivity contribution in [1.29, 1.82) is 0 Å². The molecule has 3 nitrogen and oxygen atoms in total. The molecule has 0 spiro atoms. The van der Waals surface area contributed by atoms with Crippen LogP contribution in [-0.4, -0.2) is 18.1 Å². The summed E-state index contributed by atoms with van der Waals surface area (Å²) in [6.07, 6.45) is 5.01. The molecule has 0 aromatic heterocycles. The van der Waals surface area contributed by atoms with Gasteiger partial charge in [0.15, 0.2) is 0 Å². The van der Waals surface area contributed by atoms with E-state index < -0.39 is 5.54 Å². The number of nitrogens with one attached hydrogen (secondary N) is 1. The highest BCUT2D eigenvalue weighted by atomic mass is 35.5. The lowest BCUT2D eigenvalue weighted by Crippen LogP contribution is -2.50. The average Bonchev–Trinajstić information content (AvgIpc) is 2.50. The standard InChI is InChI=1S/C17H24ClNO2/c1-3-13-6-5-11-17(12-13,16(20)21-4-2)19-15-9-7-14(18)8-10-15/h7-10,13,19H,3-6,11-12H2,1-2H3. The van der Waals surface area contributed by atoms with Crippen LogP contribution in [-0.2, 0) is 9.53 Å². The van der Waals surface area contributed by atoms with E-state index in [9.17, 15) is 4.79 Å². The average molecular weight is 310 g/mol. The number of rotatable bonds is 5. The molecule has 1 N–H and O–H groups in total. The Balaban J connectivity index is 2.22. The molecule has 0 amide bonds. The number of hydrogen-bond donors (Lipinski definition) is 1. The number of anilines is 1. The molecular weight excluding hydrogens is 286 g/mol. The lowest BCUT2D eigenvalue weighted by molar-refractivity contribution is -0.150. The molecule has 2 atom stereocenters. The molecule has 0 radical (unpaired) electrons. The van der Waals surface area contributed by atoms with Crippen LogP contribution in [0.1, 0.15) is 46.0 Å². The fraction of sp³-hybridized carbons (Fsp3) is 0.588. The molecule has 1 fully saturated rings. The normalized spacial score (nSPS) is 25.4. The second kappa shape index (κ2) is 7.17. The molecule has 0 saturated heterocycles. The van der Waals surface area contributed by atoms with Gasteiger partial charge >= 0.3 is 5.97 Å². The molecule has 1 saturated carbocycles. The number of hydrogen-bond acceptors (Lipinski definition) is 3. The van der Waals surface area contributed by atoms with Gasteiger partial charge in [0, 0.05) is 10.7 Å². The third kappa shape index (κ3) is 3.91. The van der Waals surface area contributed by atoms with Crippen molar-refractivity contribution in [3.63, 3.8) is 0 Å². The summed E-state index contributed by atoms with van der Waals surface area (Å²) < 4.78 is 5.35. The smallest absolute Gasteiger partial charge is 0.331 e. The number of carbonyl (C=O) groups is 1. The molecule has 2 rings (SSSR count). The first-order valence-corrected chi connectivity index (χ1v) is 8.18. The Morgan fingerprint density at radius 3 is 2.71 bits per heavy atom. The summed E-state index contributed by atoms with van der Waals surface area (Å²) in [7, 11) is 0. The predicted molar refractivity (Wildman–Crippen MR) is 86.7 cm³/mol. The van der Waals surface area contributed by atoms with Crippen LogP contribution in [0.5, 0.6) is 0 Å². The van der Waals surface area contributed by atoms with E-state index in [4.69, 9.17) is 16.3 Å². The van der Waals surface area contributed by atoms with E-state index in [1.807, 2.05) is 31.2 Å². The number of carbonyl (C=O) groups excluding carboxylic acids is 1. The molecule has 0 bridgehead atoms. The molecule has 0 aliphatic heterocycles. The summed E-state index contributed by atoms with van der Waals surface area (Å²) in [5.74, 6) is 0.445. The first-order valence-electron chi connectivity index (χ1n) is 7.80. The summed E-state index contributed by atoms with van der Waals surface area (Å²) in [5.41, 5.74) is 0.326. The highest BCUT2D eigenvalue weighted by Crippen LogP contribution is 2.37. The van der Waals surface area contributed by atoms with Crippen LogP contribution < -0.4 is 5.32 Å². The fourth-order valence-corrected chi connectivity index (χ4v) is 3.29. The Bertz CT molecular complexity index is 474. The van der Waals surface area contributed by atoms with Crippen molar-refractivity contribution in [3.8, 4) is 0 Å². The minimum Gasteiger partial charge on any atom is -0.464 e. The van der Waals surface area contributed by atoms with Crippen molar-refractivity contribution in [2.75, 3.05) is 11.9 Å². The SMILES string of the molecule is CCOC(=O)C1(Nc2ccc(Cl)cc2)CCCC(CC)C1. The van der Waals surface area contributed by atoms with E-state index >= 15 is 0 Å². The summed E-state index contributed by atoms with van der Waals surface area (Å²) in [5, 5.41) is 4.13. The van der Waals surface area contributed by atoms with Gasteiger partial charge in [-0.1, -0.05) is 37.8 Å². The van der Waals surface area contributed by atoms with E-state index in [2.05, 4.69) is 12.2 Å². The maximum Gasteiger partial charge on any atom is 0.331 e. The molecular formula is C17H24ClNO2. The van der Waals surface area contributed by atoms with Crippen molar-refractivity contribution in [1.82, 2.24) is 0 Å². The molecule has 1 aliphatic carbocycles. The van der Waals surface area contributed by atoms with Crippen LogP contribution in [0.15, 0.2) is 24.3 Å². The van der Waals surface area contributed by atoms with Crippen molar-refractivity contribution in [2.45, 2.75) is 51.5 Å². The molecule has 2 unspecified atom stereocenters. The Kier molecular flexibility index (Phi) is 5.51. The van der Waals surface area contributed by atoms with E-state index in [-0.39, 0.29) is 5.97 Å². The lowest BCUT2D eigenvalue weighted by Gasteiger charge is -2.40. The number of esters is 1. The van der Waals surface area contributed by atoms with Crippen LogP contribution in [0.25, 0.3) is 0 Å². The maximum atomic E-state index is 12.5. The van der Waals surface area contributed by atoms with Gasteiger partial charge in [-0.2, -0.15) is 0 Å². The molecule has 21 heavy (non-hydrogen) atoms. The van der Waals surface area contributed by atoms with Crippen molar-refractivity contribution < 1.29 is 9.53 Å². The second-order valence-electron chi connectivity index (χ2n) is 5.81. The molecule has 116 valence electrons. The molecule has 0 heterocycles. The topological polar surface area (TPSA) is 38.3 Å². The Morgan fingerprint density at radius 1 is 1.38 bits per heavy atom. The fourth-order valence-electron chi connectivity index (χ4n) is 3.17. The van der Waals surface area contributed by atoms with Gasteiger partial charge in [-0.05, 0) is 49.9 Å². The highest BCUT2D eigenvalue weighted by molar-refractivity contribution is 6.30. The van der Waals surface area contributed by atoms with Gasteiger partial charge in [0.25, 0.3) is 0 Å². The van der Waals surface area contributed by atoms with Crippen LogP contribution in [0.4, 0.5) is 5.69 Å². The van der Waals surface area contributed by atoms with Crippen LogP contribution in [0.2, 0.25) is 5.02 Å². The monoisotopic (exact) mass is 309 g/mol. The molecule has 1 aromatic rings. The first kappa shape index (κ1) is 16.2. The zero-order chi connectivity index (χ0) is 15.3. The molecule has 4 heteroatoms. The van der Waals surface area contributed by atoms with Gasteiger partial charge in [0.05, 0.1) is 6.61 Å². The van der Waals surface area contributed by atoms with Gasteiger partial charge in [-0.15, -0.1) is 0 Å². The number of ether oxygens (including phenoxy) is 1. The Hall–Kier alpha value is -1.22. The van der Waals surface area contributed by atoms with Crippen LogP contribution in [0, 0.1) is 5.92 Å². The zero-order valence-electron chi connectivity index (χ0n) is 12.8. The zero-order valence-corrected chi connectivity index (χ0v) is 13.6. The van der Waals surface area contributed by atoms with Gasteiger partial charge in [-0.25, -0.2) is 4.79 Å². The van der Waals surface area contributed by atoms with Gasteiger partial charge in [-0.3, -0.25) is 0 Å². The van der Waals surface area contributed by atoms with Crippen molar-refractivity contribution in [2.24, 2.45) is 5.92 Å². The predicted octanol–water partition coefficient (Wildman–Crippen LogP) is 4.65. The minimum atomic E-state index is -0.594. The van der Waals surface area contributed by atoms with E-state index in [1.54, 1.807) is 0 Å². The lowest BCUT2D eigenvalue weighted by atomic mass is 9.74. The third-order valence-corrected chi connectivity index (χ3v) is 4.58. The van der Waals surface area contributed by atoms with Gasteiger partial charge in [0.1, 0.15) is 5.54 Å². The second-order valence-corrected chi connectivity index (χ2v) is 6.24. The van der Waals surface area contributed by atoms with E-state index in [0.29, 0.717) is 17.5 Å². The Morgan fingerprint density at radius 2 is 2.10 bits per heavy atom. The van der Waals surface area contributed by atoms with Crippen molar-refractivity contribution >= 4 is 23.3 Å². The third-order valence-electron chi connectivity index (χ3n) is 4.32. The number of benzene rings is 1. The van der Waals surface area contributed by atoms with Crippen LogP contribution >= 0.6 is 11.6 Å². The van der Waals surface area contributed by atoms with Gasteiger partial charge in [0.2, 0.25) is 0 Å². The highest BCUT2D eigenvalue weighted by Gasteiger charge is 2.43. The van der Waals surface area contributed by atoms with Crippen molar-refractivity contribution in [3.05, 3.63) is 29.3 Å². The minimum absolute atomic E-state index is 0.127. The summed E-state index contributed by atoms with van der Waals surface area (Å²) >= 11 is 5.93. The summed E-state index contributed by atoms with van der Waals surface area (Å²) in [6, 6.07) is 7.50. The largest absolute Gasteiger partial charge is 0.464 e. The van der Waals surface area contributed by atoms with E-state index in [1.165, 1.54) is 6.42 Å².